The molecule has 0 N–H and O–H groups in total. The first kappa shape index (κ1) is 18.0. The summed E-state index contributed by atoms with van der Waals surface area (Å²) in [5.41, 5.74) is 3.61. The minimum atomic E-state index is 0.0886. The first-order valence-corrected chi connectivity index (χ1v) is 10.3. The molecule has 1 saturated heterocycles. The fraction of sp³-hybridized carbons (Fsp3) is 0.381. The van der Waals surface area contributed by atoms with E-state index in [1.54, 1.807) is 0 Å². The number of carbonyl (C=O) groups is 1. The molecule has 0 saturated carbocycles. The smallest absolute Gasteiger partial charge is 0.231 e. The summed E-state index contributed by atoms with van der Waals surface area (Å²) in [6.07, 6.45) is 3.01. The van der Waals surface area contributed by atoms with Crippen molar-refractivity contribution in [2.45, 2.75) is 25.8 Å². The highest BCUT2D eigenvalue weighted by Crippen LogP contribution is 2.33. The number of piperidine rings is 1. The number of likely N-dealkylation sites (tertiary alicyclic amines) is 1. The van der Waals surface area contributed by atoms with Crippen LogP contribution in [0.5, 0.6) is 0 Å². The number of anilines is 1. The first-order valence-electron chi connectivity index (χ1n) is 9.17. The Labute approximate surface area is 168 Å². The Kier molecular flexibility index (Phi) is 5.35. The highest BCUT2D eigenvalue weighted by molar-refractivity contribution is 9.10. The van der Waals surface area contributed by atoms with Gasteiger partial charge in [-0.05, 0) is 67.3 Å². The van der Waals surface area contributed by atoms with Gasteiger partial charge in [0.2, 0.25) is 5.91 Å². The summed E-state index contributed by atoms with van der Waals surface area (Å²) in [4.78, 5) is 17.6. The number of fused-ring (bicyclic) bond motifs is 1. The zero-order chi connectivity index (χ0) is 18.1. The van der Waals surface area contributed by atoms with Crippen molar-refractivity contribution in [3.63, 3.8) is 0 Å². The first-order chi connectivity index (χ1) is 12.6. The minimum Gasteiger partial charge on any atom is -0.312 e. The molecule has 5 heteroatoms. The highest BCUT2D eigenvalue weighted by Gasteiger charge is 2.33. The normalized spacial score (nSPS) is 20.2. The monoisotopic (exact) mass is 432 g/mol. The number of nitrogens with zero attached hydrogens (tertiary/aromatic N) is 2. The van der Waals surface area contributed by atoms with E-state index >= 15 is 0 Å². The van der Waals surface area contributed by atoms with E-state index in [1.807, 2.05) is 23.1 Å². The Morgan fingerprint density at radius 1 is 1.15 bits per heavy atom. The Hall–Kier alpha value is -1.36. The van der Waals surface area contributed by atoms with Gasteiger partial charge in [-0.1, -0.05) is 39.7 Å². The second kappa shape index (κ2) is 7.71. The third-order valence-corrected chi connectivity index (χ3v) is 6.12. The van der Waals surface area contributed by atoms with Crippen molar-refractivity contribution in [2.24, 2.45) is 5.92 Å². The van der Waals surface area contributed by atoms with Crippen LogP contribution in [-0.2, 0) is 17.8 Å². The van der Waals surface area contributed by atoms with E-state index in [0.29, 0.717) is 0 Å². The number of benzene rings is 2. The summed E-state index contributed by atoms with van der Waals surface area (Å²) in [6, 6.07) is 14.2. The van der Waals surface area contributed by atoms with E-state index in [9.17, 15) is 4.79 Å². The predicted molar refractivity (Wildman–Crippen MR) is 110 cm³/mol. The summed E-state index contributed by atoms with van der Waals surface area (Å²) in [6.45, 7) is 3.57. The van der Waals surface area contributed by atoms with Gasteiger partial charge in [-0.25, -0.2) is 0 Å². The molecule has 3 nitrogen and oxygen atoms in total. The second-order valence-electron chi connectivity index (χ2n) is 7.21. The number of halogens is 2. The van der Waals surface area contributed by atoms with Crippen molar-refractivity contribution in [3.05, 3.63) is 63.1 Å². The van der Waals surface area contributed by atoms with Crippen molar-refractivity contribution in [1.82, 2.24) is 4.90 Å². The molecule has 0 radical (unpaired) electrons. The standard InChI is InChI=1S/C21H22BrClN2O/c22-18-5-8-20-16(12-18)9-11-25(20)21(26)17-2-1-10-24(14-17)13-15-3-6-19(23)7-4-15/h3-8,12,17H,1-2,9-11,13-14H2/t17-/m0/s1. The van der Waals surface area contributed by atoms with Gasteiger partial charge in [0.1, 0.15) is 0 Å². The lowest BCUT2D eigenvalue weighted by atomic mass is 9.96. The lowest BCUT2D eigenvalue weighted by molar-refractivity contribution is -0.124. The fourth-order valence-electron chi connectivity index (χ4n) is 4.07. The topological polar surface area (TPSA) is 23.6 Å². The molecule has 0 aliphatic carbocycles. The van der Waals surface area contributed by atoms with Crippen molar-refractivity contribution in [2.75, 3.05) is 24.5 Å². The fourth-order valence-corrected chi connectivity index (χ4v) is 4.60. The summed E-state index contributed by atoms with van der Waals surface area (Å²) in [5.74, 6) is 0.373. The van der Waals surface area contributed by atoms with Crippen LogP contribution in [0.25, 0.3) is 0 Å². The van der Waals surface area contributed by atoms with Crippen LogP contribution in [0.4, 0.5) is 5.69 Å². The van der Waals surface area contributed by atoms with Crippen LogP contribution in [0.15, 0.2) is 46.9 Å². The van der Waals surface area contributed by atoms with Crippen LogP contribution in [0.1, 0.15) is 24.0 Å². The zero-order valence-corrected chi connectivity index (χ0v) is 17.0. The molecule has 1 fully saturated rings. The maximum Gasteiger partial charge on any atom is 0.231 e. The van der Waals surface area contributed by atoms with Crippen molar-refractivity contribution in [3.8, 4) is 0 Å². The molecule has 0 bridgehead atoms. The predicted octanol–water partition coefficient (Wildman–Crippen LogP) is 4.90. The van der Waals surface area contributed by atoms with Crippen LogP contribution in [0.3, 0.4) is 0 Å². The molecule has 1 amide bonds. The van der Waals surface area contributed by atoms with Gasteiger partial charge >= 0.3 is 0 Å². The Balaban J connectivity index is 1.43. The molecule has 0 aromatic heterocycles. The van der Waals surface area contributed by atoms with Crippen LogP contribution in [0.2, 0.25) is 5.02 Å². The van der Waals surface area contributed by atoms with E-state index in [0.717, 1.165) is 60.6 Å². The summed E-state index contributed by atoms with van der Waals surface area (Å²) < 4.78 is 1.08. The number of hydrogen-bond donors (Lipinski definition) is 0. The van der Waals surface area contributed by atoms with Gasteiger partial charge < -0.3 is 4.90 Å². The maximum atomic E-state index is 13.2. The number of carbonyl (C=O) groups excluding carboxylic acids is 1. The van der Waals surface area contributed by atoms with Gasteiger partial charge in [-0.2, -0.15) is 0 Å². The third kappa shape index (κ3) is 3.83. The Bertz CT molecular complexity index is 808. The number of hydrogen-bond acceptors (Lipinski definition) is 2. The van der Waals surface area contributed by atoms with E-state index in [1.165, 1.54) is 11.1 Å². The molecule has 2 aliphatic rings. The Morgan fingerprint density at radius 2 is 1.96 bits per heavy atom. The zero-order valence-electron chi connectivity index (χ0n) is 14.6. The molecule has 4 rings (SSSR count). The van der Waals surface area contributed by atoms with Crippen molar-refractivity contribution in [1.29, 1.82) is 0 Å². The summed E-state index contributed by atoms with van der Waals surface area (Å²) in [7, 11) is 0. The van der Waals surface area contributed by atoms with Crippen LogP contribution in [-0.4, -0.2) is 30.4 Å². The van der Waals surface area contributed by atoms with E-state index in [-0.39, 0.29) is 11.8 Å². The molecule has 2 aliphatic heterocycles. The van der Waals surface area contributed by atoms with Gasteiger partial charge in [0.05, 0.1) is 5.92 Å². The highest BCUT2D eigenvalue weighted by atomic mass is 79.9. The number of amides is 1. The average molecular weight is 434 g/mol. The molecule has 1 atom stereocenters. The molecule has 2 aromatic carbocycles. The lowest BCUT2D eigenvalue weighted by Crippen LogP contribution is -2.44. The molecule has 136 valence electrons. The third-order valence-electron chi connectivity index (χ3n) is 5.38. The van der Waals surface area contributed by atoms with E-state index < -0.39 is 0 Å². The van der Waals surface area contributed by atoms with Gasteiger partial charge in [0, 0.05) is 34.8 Å². The van der Waals surface area contributed by atoms with Crippen LogP contribution in [0, 0.1) is 5.92 Å². The van der Waals surface area contributed by atoms with Crippen LogP contribution >= 0.6 is 27.5 Å². The summed E-state index contributed by atoms with van der Waals surface area (Å²) in [5, 5.41) is 0.764. The lowest BCUT2D eigenvalue weighted by Gasteiger charge is -2.34. The maximum absolute atomic E-state index is 13.2. The van der Waals surface area contributed by atoms with Crippen LogP contribution < -0.4 is 4.90 Å². The molecular formula is C21H22BrClN2O. The molecule has 2 heterocycles. The van der Waals surface area contributed by atoms with Gasteiger partial charge in [-0.3, -0.25) is 9.69 Å². The molecular weight excluding hydrogens is 412 g/mol. The van der Waals surface area contributed by atoms with Gasteiger partial charge in [0.25, 0.3) is 0 Å². The van der Waals surface area contributed by atoms with Crippen molar-refractivity contribution < 1.29 is 4.79 Å². The average Bonchev–Trinajstić information content (AvgIpc) is 3.06. The quantitative estimate of drug-likeness (QED) is 0.687. The largest absolute Gasteiger partial charge is 0.312 e. The van der Waals surface area contributed by atoms with E-state index in [2.05, 4.69) is 45.1 Å². The second-order valence-corrected chi connectivity index (χ2v) is 8.57. The Morgan fingerprint density at radius 3 is 2.77 bits per heavy atom. The SMILES string of the molecule is O=C([C@H]1CCCN(Cc2ccc(Cl)cc2)C1)N1CCc2cc(Br)ccc21. The van der Waals surface area contributed by atoms with Gasteiger partial charge in [0.15, 0.2) is 0 Å². The van der Waals surface area contributed by atoms with Gasteiger partial charge in [-0.15, -0.1) is 0 Å². The number of rotatable bonds is 3. The minimum absolute atomic E-state index is 0.0886. The van der Waals surface area contributed by atoms with E-state index in [4.69, 9.17) is 11.6 Å². The molecule has 0 spiro atoms. The molecule has 2 aromatic rings. The molecule has 26 heavy (non-hydrogen) atoms. The van der Waals surface area contributed by atoms with Crippen molar-refractivity contribution >= 4 is 39.1 Å². The summed E-state index contributed by atoms with van der Waals surface area (Å²) >= 11 is 9.50. The molecule has 0 unspecified atom stereocenters.